The van der Waals surface area contributed by atoms with Gasteiger partial charge in [-0.15, -0.1) is 0 Å². The number of carbonyl (C=O) groups is 3. The molecule has 3 aromatic rings. The molecule has 27 heavy (non-hydrogen) atoms. The Morgan fingerprint density at radius 2 is 1.63 bits per heavy atom. The first-order valence-corrected chi connectivity index (χ1v) is 7.85. The van der Waals surface area contributed by atoms with Gasteiger partial charge in [-0.05, 0) is 36.4 Å². The second kappa shape index (κ2) is 7.56. The number of methoxy groups -OCH3 is 2. The van der Waals surface area contributed by atoms with E-state index in [9.17, 15) is 14.4 Å². The van der Waals surface area contributed by atoms with Crippen LogP contribution in [0.1, 0.15) is 10.4 Å². The van der Waals surface area contributed by atoms with E-state index in [2.05, 4.69) is 25.1 Å². The third kappa shape index (κ3) is 3.71. The highest BCUT2D eigenvalue weighted by molar-refractivity contribution is 6.02. The van der Waals surface area contributed by atoms with Gasteiger partial charge in [-0.2, -0.15) is 0 Å². The molecule has 0 fully saturated rings. The molecule has 0 unspecified atom stereocenters. The highest BCUT2D eigenvalue weighted by Gasteiger charge is 2.19. The Bertz CT molecular complexity index is 1010. The molecule has 0 aliphatic heterocycles. The average molecular weight is 368 g/mol. The summed E-state index contributed by atoms with van der Waals surface area (Å²) in [4.78, 5) is 40.1. The molecule has 0 saturated heterocycles. The lowest BCUT2D eigenvalue weighted by Crippen LogP contribution is -2.23. The van der Waals surface area contributed by atoms with Crippen molar-refractivity contribution in [2.45, 2.75) is 0 Å². The van der Waals surface area contributed by atoms with Crippen LogP contribution < -0.4 is 10.6 Å². The zero-order chi connectivity index (χ0) is 19.4. The molecule has 2 N–H and O–H groups in total. The van der Waals surface area contributed by atoms with Crippen molar-refractivity contribution >= 4 is 40.8 Å². The van der Waals surface area contributed by atoms with Gasteiger partial charge < -0.3 is 14.8 Å². The maximum absolute atomic E-state index is 12.8. The van der Waals surface area contributed by atoms with Crippen LogP contribution in [0.5, 0.6) is 0 Å². The standard InChI is InChI=1S/C18H16N4O5/c1-26-15(23)11-7-9-12(10-8-11)19-17(24)22-14-6-4-3-5-13(14)20-16(22)21-18(25)27-2/h3-10H,1-2H3,(H,19,24)(H,20,21,25). The first kappa shape index (κ1) is 17.9. The lowest BCUT2D eigenvalue weighted by atomic mass is 10.2. The molecular weight excluding hydrogens is 352 g/mol. The van der Waals surface area contributed by atoms with Crippen molar-refractivity contribution < 1.29 is 23.9 Å². The fourth-order valence-corrected chi connectivity index (χ4v) is 2.44. The smallest absolute Gasteiger partial charge is 0.413 e. The minimum absolute atomic E-state index is 0.0201. The molecule has 0 saturated carbocycles. The zero-order valence-corrected chi connectivity index (χ0v) is 14.6. The summed E-state index contributed by atoms with van der Waals surface area (Å²) >= 11 is 0. The van der Waals surface area contributed by atoms with E-state index < -0.39 is 18.1 Å². The number of fused-ring (bicyclic) bond motifs is 1. The molecule has 9 nitrogen and oxygen atoms in total. The van der Waals surface area contributed by atoms with Crippen molar-refractivity contribution in [1.82, 2.24) is 9.55 Å². The second-order valence-electron chi connectivity index (χ2n) is 5.38. The number of anilines is 2. The van der Waals surface area contributed by atoms with E-state index in [0.29, 0.717) is 22.3 Å². The quantitative estimate of drug-likeness (QED) is 0.687. The molecule has 1 aromatic heterocycles. The number of nitrogens with one attached hydrogen (secondary N) is 2. The second-order valence-corrected chi connectivity index (χ2v) is 5.38. The Morgan fingerprint density at radius 3 is 2.30 bits per heavy atom. The van der Waals surface area contributed by atoms with Gasteiger partial charge in [0.15, 0.2) is 0 Å². The minimum atomic E-state index is -0.748. The Labute approximate surface area is 153 Å². The van der Waals surface area contributed by atoms with E-state index in [1.807, 2.05) is 0 Å². The number of imidazole rings is 1. The monoisotopic (exact) mass is 368 g/mol. The van der Waals surface area contributed by atoms with Gasteiger partial charge in [0.2, 0.25) is 5.95 Å². The van der Waals surface area contributed by atoms with Gasteiger partial charge in [0.25, 0.3) is 0 Å². The van der Waals surface area contributed by atoms with Crippen LogP contribution in [0.4, 0.5) is 21.2 Å². The molecule has 3 rings (SSSR count). The van der Waals surface area contributed by atoms with Crippen molar-refractivity contribution in [3.63, 3.8) is 0 Å². The Morgan fingerprint density at radius 1 is 0.926 bits per heavy atom. The number of hydrogen-bond acceptors (Lipinski definition) is 6. The number of nitrogens with zero attached hydrogens (tertiary/aromatic N) is 2. The van der Waals surface area contributed by atoms with Crippen molar-refractivity contribution in [3.8, 4) is 0 Å². The van der Waals surface area contributed by atoms with Gasteiger partial charge in [-0.1, -0.05) is 12.1 Å². The fraction of sp³-hybridized carbons (Fsp3) is 0.111. The molecular formula is C18H16N4O5. The molecule has 0 atom stereocenters. The summed E-state index contributed by atoms with van der Waals surface area (Å²) in [5.74, 6) is -0.454. The maximum Gasteiger partial charge on any atom is 0.413 e. The van der Waals surface area contributed by atoms with E-state index in [4.69, 9.17) is 0 Å². The minimum Gasteiger partial charge on any atom is -0.465 e. The normalized spacial score (nSPS) is 10.3. The number of amides is 2. The fourth-order valence-electron chi connectivity index (χ4n) is 2.44. The number of ether oxygens (including phenoxy) is 2. The molecule has 2 amide bonds. The number of para-hydroxylation sites is 2. The molecule has 0 aliphatic carbocycles. The summed E-state index contributed by atoms with van der Waals surface area (Å²) < 4.78 is 10.4. The highest BCUT2D eigenvalue weighted by Crippen LogP contribution is 2.21. The number of hydrogen-bond donors (Lipinski definition) is 2. The van der Waals surface area contributed by atoms with Gasteiger partial charge >= 0.3 is 18.1 Å². The largest absolute Gasteiger partial charge is 0.465 e. The number of esters is 1. The molecule has 0 aliphatic rings. The number of benzene rings is 2. The van der Waals surface area contributed by atoms with Gasteiger partial charge in [-0.25, -0.2) is 23.9 Å². The third-order valence-electron chi connectivity index (χ3n) is 3.72. The van der Waals surface area contributed by atoms with E-state index in [1.165, 1.54) is 30.9 Å². The van der Waals surface area contributed by atoms with Crippen molar-refractivity contribution in [1.29, 1.82) is 0 Å². The molecule has 0 bridgehead atoms. The third-order valence-corrected chi connectivity index (χ3v) is 3.72. The first-order valence-electron chi connectivity index (χ1n) is 7.85. The molecule has 0 spiro atoms. The molecule has 0 radical (unpaired) electrons. The highest BCUT2D eigenvalue weighted by atomic mass is 16.5. The van der Waals surface area contributed by atoms with Crippen LogP contribution in [-0.4, -0.2) is 41.9 Å². The van der Waals surface area contributed by atoms with Gasteiger partial charge in [0.1, 0.15) is 0 Å². The number of aromatic nitrogens is 2. The van der Waals surface area contributed by atoms with Crippen LogP contribution in [0.2, 0.25) is 0 Å². The van der Waals surface area contributed by atoms with Crippen LogP contribution in [0.25, 0.3) is 11.0 Å². The van der Waals surface area contributed by atoms with Crippen LogP contribution in [0, 0.1) is 0 Å². The summed E-state index contributed by atoms with van der Waals surface area (Å²) in [6, 6.07) is 12.6. The maximum atomic E-state index is 12.8. The van der Waals surface area contributed by atoms with Crippen molar-refractivity contribution in [3.05, 3.63) is 54.1 Å². The van der Waals surface area contributed by atoms with Crippen LogP contribution in [-0.2, 0) is 9.47 Å². The van der Waals surface area contributed by atoms with E-state index >= 15 is 0 Å². The Balaban J connectivity index is 1.91. The lowest BCUT2D eigenvalue weighted by Gasteiger charge is -2.10. The molecule has 1 heterocycles. The van der Waals surface area contributed by atoms with E-state index in [1.54, 1.807) is 36.4 Å². The summed E-state index contributed by atoms with van der Waals surface area (Å²) in [5.41, 5.74) is 1.85. The van der Waals surface area contributed by atoms with Gasteiger partial charge in [-0.3, -0.25) is 5.32 Å². The molecule has 9 heteroatoms. The van der Waals surface area contributed by atoms with Crippen LogP contribution in [0.15, 0.2) is 48.5 Å². The predicted octanol–water partition coefficient (Wildman–Crippen LogP) is 3.08. The van der Waals surface area contributed by atoms with Crippen molar-refractivity contribution in [2.24, 2.45) is 0 Å². The van der Waals surface area contributed by atoms with Gasteiger partial charge in [0, 0.05) is 5.69 Å². The number of carbonyl (C=O) groups excluding carboxylic acids is 3. The summed E-state index contributed by atoms with van der Waals surface area (Å²) in [6.07, 6.45) is -0.748. The lowest BCUT2D eigenvalue weighted by molar-refractivity contribution is 0.0600. The van der Waals surface area contributed by atoms with Crippen molar-refractivity contribution in [2.75, 3.05) is 24.9 Å². The van der Waals surface area contributed by atoms with Gasteiger partial charge in [0.05, 0.1) is 30.8 Å². The topological polar surface area (TPSA) is 112 Å². The Hall–Kier alpha value is -3.88. The molecule has 138 valence electrons. The van der Waals surface area contributed by atoms with Crippen LogP contribution >= 0.6 is 0 Å². The van der Waals surface area contributed by atoms with E-state index in [0.717, 1.165) is 0 Å². The van der Waals surface area contributed by atoms with E-state index in [-0.39, 0.29) is 5.95 Å². The zero-order valence-electron chi connectivity index (χ0n) is 14.6. The number of rotatable bonds is 3. The average Bonchev–Trinajstić information content (AvgIpc) is 3.05. The molecule has 2 aromatic carbocycles. The summed E-state index contributed by atoms with van der Waals surface area (Å²) in [6.45, 7) is 0. The predicted molar refractivity (Wildman–Crippen MR) is 98.0 cm³/mol. The Kier molecular flexibility index (Phi) is 5.02. The first-order chi connectivity index (χ1) is 13.0. The summed E-state index contributed by atoms with van der Waals surface area (Å²) in [7, 11) is 2.50. The SMILES string of the molecule is COC(=O)Nc1nc2ccccc2n1C(=O)Nc1ccc(C(=O)OC)cc1. The van der Waals surface area contributed by atoms with Crippen LogP contribution in [0.3, 0.4) is 0 Å². The summed E-state index contributed by atoms with van der Waals surface area (Å²) in [5, 5.41) is 5.11.